The minimum atomic E-state index is -0.0755. The topological polar surface area (TPSA) is 70.2 Å². The Kier molecular flexibility index (Phi) is 6.30. The summed E-state index contributed by atoms with van der Waals surface area (Å²) in [4.78, 5) is 21.8. The Bertz CT molecular complexity index is 840. The summed E-state index contributed by atoms with van der Waals surface area (Å²) in [6, 6.07) is 15.7. The van der Waals surface area contributed by atoms with E-state index in [1.54, 1.807) is 11.9 Å². The predicted octanol–water partition coefficient (Wildman–Crippen LogP) is 3.74. The van der Waals surface area contributed by atoms with Crippen LogP contribution in [0.5, 0.6) is 5.75 Å². The van der Waals surface area contributed by atoms with Crippen molar-refractivity contribution in [3.63, 3.8) is 0 Å². The van der Waals surface area contributed by atoms with Crippen molar-refractivity contribution in [3.8, 4) is 5.75 Å². The number of carbonyl (C=O) groups excluding carboxylic acids is 1. The Morgan fingerprint density at radius 3 is 2.70 bits per heavy atom. The summed E-state index contributed by atoms with van der Waals surface area (Å²) in [5.41, 5.74) is 3.09. The maximum absolute atomic E-state index is 12.2. The van der Waals surface area contributed by atoms with Crippen molar-refractivity contribution < 1.29 is 9.53 Å². The van der Waals surface area contributed by atoms with Gasteiger partial charge in [0.15, 0.2) is 0 Å². The maximum Gasteiger partial charge on any atom is 0.317 e. The monoisotopic (exact) mass is 366 g/mol. The van der Waals surface area contributed by atoms with E-state index in [1.165, 1.54) is 0 Å². The molecule has 0 aliphatic carbocycles. The molecule has 2 aromatic carbocycles. The molecule has 3 aromatic rings. The number of hydrogen-bond donors (Lipinski definition) is 2. The van der Waals surface area contributed by atoms with Gasteiger partial charge in [0.1, 0.15) is 11.6 Å². The molecule has 6 nitrogen and oxygen atoms in total. The Labute approximate surface area is 159 Å². The summed E-state index contributed by atoms with van der Waals surface area (Å²) in [7, 11) is 1.80. The molecule has 0 saturated heterocycles. The third-order valence-electron chi connectivity index (χ3n) is 4.31. The molecule has 0 spiro atoms. The van der Waals surface area contributed by atoms with Crippen LogP contribution in [0.1, 0.15) is 24.7 Å². The number of H-pyrrole nitrogens is 1. The van der Waals surface area contributed by atoms with Crippen molar-refractivity contribution in [2.75, 3.05) is 20.2 Å². The van der Waals surface area contributed by atoms with Gasteiger partial charge in [0.2, 0.25) is 0 Å². The number of ether oxygens (including phenoxy) is 1. The molecule has 0 bridgehead atoms. The lowest BCUT2D eigenvalue weighted by atomic mass is 10.2. The first-order valence-electron chi connectivity index (χ1n) is 9.30. The van der Waals surface area contributed by atoms with Crippen molar-refractivity contribution in [1.29, 1.82) is 0 Å². The predicted molar refractivity (Wildman–Crippen MR) is 107 cm³/mol. The van der Waals surface area contributed by atoms with Crippen LogP contribution in [0.15, 0.2) is 48.5 Å². The van der Waals surface area contributed by atoms with Crippen LogP contribution >= 0.6 is 0 Å². The molecule has 0 radical (unpaired) electrons. The molecule has 1 heterocycles. The summed E-state index contributed by atoms with van der Waals surface area (Å²) >= 11 is 0. The summed E-state index contributed by atoms with van der Waals surface area (Å²) in [6.07, 6.45) is 1.64. The lowest BCUT2D eigenvalue weighted by Crippen LogP contribution is -2.37. The highest BCUT2D eigenvalue weighted by atomic mass is 16.5. The number of amides is 2. The molecule has 2 amide bonds. The van der Waals surface area contributed by atoms with E-state index in [0.717, 1.165) is 41.0 Å². The fraction of sp³-hybridized carbons (Fsp3) is 0.333. The van der Waals surface area contributed by atoms with Crippen LogP contribution in [-0.4, -0.2) is 41.1 Å². The van der Waals surface area contributed by atoms with Crippen molar-refractivity contribution in [1.82, 2.24) is 20.2 Å². The van der Waals surface area contributed by atoms with Gasteiger partial charge in [-0.2, -0.15) is 0 Å². The summed E-state index contributed by atoms with van der Waals surface area (Å²) in [6.45, 7) is 3.78. The molecule has 0 saturated carbocycles. The van der Waals surface area contributed by atoms with Crippen molar-refractivity contribution in [2.45, 2.75) is 26.3 Å². The fourth-order valence-corrected chi connectivity index (χ4v) is 2.91. The van der Waals surface area contributed by atoms with Gasteiger partial charge < -0.3 is 19.9 Å². The Balaban J connectivity index is 1.40. The number of nitrogens with one attached hydrogen (secondary N) is 2. The largest absolute Gasteiger partial charge is 0.494 e. The summed E-state index contributed by atoms with van der Waals surface area (Å²) < 4.78 is 5.43. The number of aryl methyl sites for hydroxylation is 1. The molecular weight excluding hydrogens is 340 g/mol. The number of rotatable bonds is 8. The van der Waals surface area contributed by atoms with Crippen LogP contribution in [0, 0.1) is 0 Å². The van der Waals surface area contributed by atoms with Crippen LogP contribution in [0.3, 0.4) is 0 Å². The zero-order valence-corrected chi connectivity index (χ0v) is 15.9. The Hall–Kier alpha value is -3.02. The molecular formula is C21H26N4O2. The maximum atomic E-state index is 12.2. The number of nitrogens with zero attached hydrogens (tertiary/aromatic N) is 2. The van der Waals surface area contributed by atoms with E-state index >= 15 is 0 Å². The average Bonchev–Trinajstić information content (AvgIpc) is 3.09. The minimum Gasteiger partial charge on any atom is -0.494 e. The first-order chi connectivity index (χ1) is 13.2. The smallest absolute Gasteiger partial charge is 0.317 e. The van der Waals surface area contributed by atoms with E-state index in [-0.39, 0.29) is 6.03 Å². The van der Waals surface area contributed by atoms with Gasteiger partial charge in [0.05, 0.1) is 17.6 Å². The first-order valence-corrected chi connectivity index (χ1v) is 9.30. The highest BCUT2D eigenvalue weighted by molar-refractivity contribution is 5.75. The van der Waals surface area contributed by atoms with Gasteiger partial charge >= 0.3 is 6.03 Å². The van der Waals surface area contributed by atoms with E-state index in [4.69, 9.17) is 4.74 Å². The highest BCUT2D eigenvalue weighted by Gasteiger charge is 2.09. The number of urea groups is 1. The van der Waals surface area contributed by atoms with Gasteiger partial charge in [-0.1, -0.05) is 24.3 Å². The quantitative estimate of drug-likeness (QED) is 0.597. The lowest BCUT2D eigenvalue weighted by molar-refractivity contribution is 0.207. The zero-order valence-electron chi connectivity index (χ0n) is 15.9. The number of benzene rings is 2. The number of para-hydroxylation sites is 2. The van der Waals surface area contributed by atoms with Crippen molar-refractivity contribution in [3.05, 3.63) is 59.9 Å². The third kappa shape index (κ3) is 5.23. The number of fused-ring (bicyclic) bond motifs is 1. The Morgan fingerprint density at radius 1 is 1.19 bits per heavy atom. The number of hydrogen-bond acceptors (Lipinski definition) is 3. The van der Waals surface area contributed by atoms with Crippen LogP contribution in [0.4, 0.5) is 4.79 Å². The van der Waals surface area contributed by atoms with E-state index in [2.05, 4.69) is 15.3 Å². The molecule has 0 fully saturated rings. The minimum absolute atomic E-state index is 0.0755. The summed E-state index contributed by atoms with van der Waals surface area (Å²) in [5, 5.41) is 2.96. The third-order valence-corrected chi connectivity index (χ3v) is 4.31. The second-order valence-corrected chi connectivity index (χ2v) is 6.47. The van der Waals surface area contributed by atoms with E-state index in [1.807, 2.05) is 55.5 Å². The fourth-order valence-electron chi connectivity index (χ4n) is 2.91. The summed E-state index contributed by atoms with van der Waals surface area (Å²) in [5.74, 6) is 1.80. The molecule has 0 aliphatic heterocycles. The van der Waals surface area contributed by atoms with Gasteiger partial charge in [0.25, 0.3) is 0 Å². The molecule has 2 N–H and O–H groups in total. The normalized spacial score (nSPS) is 10.7. The van der Waals surface area contributed by atoms with E-state index in [9.17, 15) is 4.79 Å². The van der Waals surface area contributed by atoms with Crippen molar-refractivity contribution in [2.24, 2.45) is 0 Å². The highest BCUT2D eigenvalue weighted by Crippen LogP contribution is 2.13. The van der Waals surface area contributed by atoms with Crippen LogP contribution in [-0.2, 0) is 13.0 Å². The lowest BCUT2D eigenvalue weighted by Gasteiger charge is -2.18. The molecule has 1 aromatic heterocycles. The number of carbonyl (C=O) groups is 1. The van der Waals surface area contributed by atoms with Gasteiger partial charge in [-0.3, -0.25) is 0 Å². The van der Waals surface area contributed by atoms with Gasteiger partial charge in [-0.15, -0.1) is 0 Å². The molecule has 3 rings (SSSR count). The van der Waals surface area contributed by atoms with E-state index < -0.39 is 0 Å². The molecule has 0 unspecified atom stereocenters. The van der Waals surface area contributed by atoms with Crippen molar-refractivity contribution >= 4 is 17.1 Å². The van der Waals surface area contributed by atoms with Crippen LogP contribution < -0.4 is 10.1 Å². The second kappa shape index (κ2) is 9.07. The number of imidazole rings is 1. The average molecular weight is 366 g/mol. The van der Waals surface area contributed by atoms with Crippen LogP contribution in [0.2, 0.25) is 0 Å². The molecule has 0 aliphatic rings. The van der Waals surface area contributed by atoms with E-state index in [0.29, 0.717) is 19.7 Å². The first kappa shape index (κ1) is 18.8. The van der Waals surface area contributed by atoms with Gasteiger partial charge in [-0.05, 0) is 43.2 Å². The number of aromatic amines is 1. The van der Waals surface area contributed by atoms with Gasteiger partial charge in [0, 0.05) is 26.6 Å². The molecule has 142 valence electrons. The number of aromatic nitrogens is 2. The molecule has 6 heteroatoms. The molecule has 0 atom stereocenters. The Morgan fingerprint density at radius 2 is 1.96 bits per heavy atom. The zero-order chi connectivity index (χ0) is 19.1. The second-order valence-electron chi connectivity index (χ2n) is 6.47. The van der Waals surface area contributed by atoms with Crippen LogP contribution in [0.25, 0.3) is 11.0 Å². The SMILES string of the molecule is CCOc1ccc(CN(C)C(=O)NCCCc2nc3ccccc3[nH]2)cc1. The standard InChI is InChI=1S/C21H26N4O2/c1-3-27-17-12-10-16(11-13-17)15-25(2)21(26)22-14-6-9-20-23-18-7-4-5-8-19(18)24-20/h4-5,7-8,10-13H,3,6,9,14-15H2,1-2H3,(H,22,26)(H,23,24). The molecule has 27 heavy (non-hydrogen) atoms. The van der Waals surface area contributed by atoms with Gasteiger partial charge in [-0.25, -0.2) is 9.78 Å².